The number of ether oxygens (including phenoxy) is 2. The Morgan fingerprint density at radius 3 is 2.19 bits per heavy atom. The molecular formula is C21H27NO4. The first-order valence-corrected chi connectivity index (χ1v) is 8.68. The van der Waals surface area contributed by atoms with Gasteiger partial charge < -0.3 is 19.9 Å². The van der Waals surface area contributed by atoms with Gasteiger partial charge in [0.05, 0.1) is 0 Å². The number of hydrogen-bond acceptors (Lipinski definition) is 4. The predicted octanol–water partition coefficient (Wildman–Crippen LogP) is 4.87. The van der Waals surface area contributed by atoms with Crippen LogP contribution >= 0.6 is 0 Å². The lowest BCUT2D eigenvalue weighted by Gasteiger charge is -2.19. The SMILES string of the molecule is Cc1cc(CCNC(=O)OC(C)(C)C)cc(C)c1Oc1ccc(O)cc1. The molecule has 5 nitrogen and oxygen atoms in total. The number of phenolic OH excluding ortho intramolecular Hbond substituents is 1. The van der Waals surface area contributed by atoms with Gasteiger partial charge in [-0.3, -0.25) is 0 Å². The highest BCUT2D eigenvalue weighted by molar-refractivity contribution is 5.67. The Balaban J connectivity index is 1.98. The lowest BCUT2D eigenvalue weighted by Crippen LogP contribution is -2.33. The first-order valence-electron chi connectivity index (χ1n) is 8.68. The van der Waals surface area contributed by atoms with E-state index in [0.717, 1.165) is 22.4 Å². The van der Waals surface area contributed by atoms with Crippen LogP contribution in [0.5, 0.6) is 17.2 Å². The normalized spacial score (nSPS) is 11.1. The molecule has 2 aromatic rings. The zero-order chi connectivity index (χ0) is 19.3. The number of rotatable bonds is 5. The van der Waals surface area contributed by atoms with Crippen LogP contribution in [0.25, 0.3) is 0 Å². The van der Waals surface area contributed by atoms with Crippen LogP contribution in [0.1, 0.15) is 37.5 Å². The summed E-state index contributed by atoms with van der Waals surface area (Å²) in [5.41, 5.74) is 2.66. The summed E-state index contributed by atoms with van der Waals surface area (Å²) in [6, 6.07) is 10.8. The van der Waals surface area contributed by atoms with Crippen LogP contribution in [0.15, 0.2) is 36.4 Å². The van der Waals surface area contributed by atoms with Crippen molar-refractivity contribution >= 4 is 6.09 Å². The average Bonchev–Trinajstić information content (AvgIpc) is 2.51. The third kappa shape index (κ3) is 5.99. The summed E-state index contributed by atoms with van der Waals surface area (Å²) in [6.45, 7) is 10.0. The van der Waals surface area contributed by atoms with Crippen LogP contribution in [-0.2, 0) is 11.2 Å². The molecule has 0 bridgehead atoms. The molecule has 0 aliphatic rings. The van der Waals surface area contributed by atoms with Gasteiger partial charge >= 0.3 is 6.09 Å². The van der Waals surface area contributed by atoms with E-state index in [0.29, 0.717) is 18.7 Å². The summed E-state index contributed by atoms with van der Waals surface area (Å²) in [7, 11) is 0. The van der Waals surface area contributed by atoms with Gasteiger partial charge in [0.2, 0.25) is 0 Å². The average molecular weight is 357 g/mol. The predicted molar refractivity (Wildman–Crippen MR) is 102 cm³/mol. The van der Waals surface area contributed by atoms with Gasteiger partial charge in [-0.25, -0.2) is 4.79 Å². The summed E-state index contributed by atoms with van der Waals surface area (Å²) >= 11 is 0. The fourth-order valence-electron chi connectivity index (χ4n) is 2.60. The monoisotopic (exact) mass is 357 g/mol. The zero-order valence-electron chi connectivity index (χ0n) is 16.1. The number of phenols is 1. The summed E-state index contributed by atoms with van der Waals surface area (Å²) in [4.78, 5) is 11.7. The van der Waals surface area contributed by atoms with E-state index in [1.54, 1.807) is 24.3 Å². The second-order valence-corrected chi connectivity index (χ2v) is 7.33. The largest absolute Gasteiger partial charge is 0.508 e. The molecule has 0 atom stereocenters. The topological polar surface area (TPSA) is 67.8 Å². The maximum atomic E-state index is 11.7. The molecule has 0 fully saturated rings. The molecule has 0 aromatic heterocycles. The molecule has 0 aliphatic carbocycles. The van der Waals surface area contributed by atoms with Crippen molar-refractivity contribution < 1.29 is 19.4 Å². The molecule has 1 amide bonds. The van der Waals surface area contributed by atoms with Gasteiger partial charge in [-0.2, -0.15) is 0 Å². The van der Waals surface area contributed by atoms with Gasteiger partial charge in [-0.15, -0.1) is 0 Å². The molecule has 140 valence electrons. The van der Waals surface area contributed by atoms with Gasteiger partial charge in [0.15, 0.2) is 0 Å². The standard InChI is InChI=1S/C21H27NO4/c1-14-12-16(10-11-22-20(24)26-21(3,4)5)13-15(2)19(14)25-18-8-6-17(23)7-9-18/h6-9,12-13,23H,10-11H2,1-5H3,(H,22,24). The second-order valence-electron chi connectivity index (χ2n) is 7.33. The minimum absolute atomic E-state index is 0.207. The molecular weight excluding hydrogens is 330 g/mol. The minimum atomic E-state index is -0.496. The van der Waals surface area contributed by atoms with Gasteiger partial charge in [0.1, 0.15) is 22.8 Å². The number of aromatic hydroxyl groups is 1. The number of hydrogen-bond donors (Lipinski definition) is 2. The third-order valence-corrected chi connectivity index (χ3v) is 3.66. The summed E-state index contributed by atoms with van der Waals surface area (Å²) < 4.78 is 11.2. The Bertz CT molecular complexity index is 738. The van der Waals surface area contributed by atoms with Crippen molar-refractivity contribution in [3.8, 4) is 17.2 Å². The van der Waals surface area contributed by atoms with Gasteiger partial charge in [-0.1, -0.05) is 12.1 Å². The number of benzene rings is 2. The van der Waals surface area contributed by atoms with Crippen molar-refractivity contribution in [3.63, 3.8) is 0 Å². The molecule has 0 radical (unpaired) electrons. The highest BCUT2D eigenvalue weighted by Gasteiger charge is 2.15. The molecule has 0 saturated carbocycles. The van der Waals surface area contributed by atoms with E-state index in [-0.39, 0.29) is 5.75 Å². The Kier molecular flexibility index (Phi) is 6.14. The van der Waals surface area contributed by atoms with Crippen molar-refractivity contribution in [1.82, 2.24) is 5.32 Å². The van der Waals surface area contributed by atoms with Crippen molar-refractivity contribution in [2.24, 2.45) is 0 Å². The van der Waals surface area contributed by atoms with Crippen LogP contribution in [0.3, 0.4) is 0 Å². The highest BCUT2D eigenvalue weighted by atomic mass is 16.6. The number of aryl methyl sites for hydroxylation is 2. The lowest BCUT2D eigenvalue weighted by atomic mass is 10.0. The van der Waals surface area contributed by atoms with Crippen LogP contribution in [-0.4, -0.2) is 23.3 Å². The second kappa shape index (κ2) is 8.13. The molecule has 2 rings (SSSR count). The molecule has 0 spiro atoms. The smallest absolute Gasteiger partial charge is 0.407 e. The van der Waals surface area contributed by atoms with Gasteiger partial charge in [0.25, 0.3) is 0 Å². The minimum Gasteiger partial charge on any atom is -0.508 e. The Labute approximate surface area is 155 Å². The summed E-state index contributed by atoms with van der Waals surface area (Å²) in [5.74, 6) is 1.69. The van der Waals surface area contributed by atoms with Crippen LogP contribution in [0.4, 0.5) is 4.79 Å². The Morgan fingerprint density at radius 2 is 1.65 bits per heavy atom. The molecule has 26 heavy (non-hydrogen) atoms. The van der Waals surface area contributed by atoms with Gasteiger partial charge in [-0.05, 0) is 82.0 Å². The van der Waals surface area contributed by atoms with E-state index >= 15 is 0 Å². The number of carbonyl (C=O) groups excluding carboxylic acids is 1. The molecule has 0 heterocycles. The third-order valence-electron chi connectivity index (χ3n) is 3.66. The maximum absolute atomic E-state index is 11.7. The van der Waals surface area contributed by atoms with E-state index in [9.17, 15) is 9.90 Å². The molecule has 2 aromatic carbocycles. The number of carbonyl (C=O) groups is 1. The van der Waals surface area contributed by atoms with Crippen molar-refractivity contribution in [2.45, 2.75) is 46.6 Å². The highest BCUT2D eigenvalue weighted by Crippen LogP contribution is 2.30. The zero-order valence-corrected chi connectivity index (χ0v) is 16.1. The Hall–Kier alpha value is -2.69. The van der Waals surface area contributed by atoms with Crippen molar-refractivity contribution in [2.75, 3.05) is 6.54 Å². The van der Waals surface area contributed by atoms with Crippen LogP contribution in [0, 0.1) is 13.8 Å². The number of amides is 1. The molecule has 5 heteroatoms. The first-order chi connectivity index (χ1) is 12.1. The fraction of sp³-hybridized carbons (Fsp3) is 0.381. The van der Waals surface area contributed by atoms with Crippen LogP contribution in [0.2, 0.25) is 0 Å². The maximum Gasteiger partial charge on any atom is 0.407 e. The quantitative estimate of drug-likeness (QED) is 0.801. The van der Waals surface area contributed by atoms with E-state index in [2.05, 4.69) is 17.4 Å². The number of nitrogens with one attached hydrogen (secondary N) is 1. The molecule has 0 saturated heterocycles. The van der Waals surface area contributed by atoms with Crippen LogP contribution < -0.4 is 10.1 Å². The fourth-order valence-corrected chi connectivity index (χ4v) is 2.60. The van der Waals surface area contributed by atoms with Crippen molar-refractivity contribution in [3.05, 3.63) is 53.1 Å². The first kappa shape index (κ1) is 19.6. The number of alkyl carbamates (subject to hydrolysis) is 1. The summed E-state index contributed by atoms with van der Waals surface area (Å²) in [6.07, 6.45) is 0.304. The molecule has 0 aliphatic heterocycles. The van der Waals surface area contributed by atoms with E-state index in [1.807, 2.05) is 34.6 Å². The Morgan fingerprint density at radius 1 is 1.08 bits per heavy atom. The van der Waals surface area contributed by atoms with Crippen molar-refractivity contribution in [1.29, 1.82) is 0 Å². The lowest BCUT2D eigenvalue weighted by molar-refractivity contribution is 0.0528. The molecule has 0 unspecified atom stereocenters. The van der Waals surface area contributed by atoms with Gasteiger partial charge in [0, 0.05) is 6.54 Å². The van der Waals surface area contributed by atoms with E-state index in [1.165, 1.54) is 0 Å². The van der Waals surface area contributed by atoms with E-state index in [4.69, 9.17) is 9.47 Å². The molecule has 2 N–H and O–H groups in total. The van der Waals surface area contributed by atoms with E-state index < -0.39 is 11.7 Å². The summed E-state index contributed by atoms with van der Waals surface area (Å²) in [5, 5.41) is 12.1.